The zero-order valence-electron chi connectivity index (χ0n) is 15.7. The summed E-state index contributed by atoms with van der Waals surface area (Å²) in [6, 6.07) is 5.38. The second kappa shape index (κ2) is 7.98. The minimum absolute atomic E-state index is 0.0434. The fourth-order valence-corrected chi connectivity index (χ4v) is 3.23. The summed E-state index contributed by atoms with van der Waals surface area (Å²) in [6.45, 7) is 7.95. The number of benzene rings is 1. The summed E-state index contributed by atoms with van der Waals surface area (Å²) < 4.78 is 16.4. The molecule has 0 N–H and O–H groups in total. The third-order valence-electron chi connectivity index (χ3n) is 4.82. The third kappa shape index (κ3) is 4.11. The van der Waals surface area contributed by atoms with Gasteiger partial charge in [-0.25, -0.2) is 0 Å². The molecule has 26 heavy (non-hydrogen) atoms. The van der Waals surface area contributed by atoms with Crippen molar-refractivity contribution in [3.63, 3.8) is 0 Å². The van der Waals surface area contributed by atoms with E-state index >= 15 is 0 Å². The largest absolute Gasteiger partial charge is 0.490 e. The van der Waals surface area contributed by atoms with E-state index in [-0.39, 0.29) is 29.8 Å². The molecule has 6 nitrogen and oxygen atoms in total. The van der Waals surface area contributed by atoms with E-state index in [0.717, 1.165) is 12.8 Å². The van der Waals surface area contributed by atoms with Crippen molar-refractivity contribution in [2.75, 3.05) is 26.4 Å². The molecule has 2 atom stereocenters. The van der Waals surface area contributed by atoms with Gasteiger partial charge in [0.2, 0.25) is 0 Å². The number of carbonyl (C=O) groups is 2. The maximum absolute atomic E-state index is 13.0. The average molecular weight is 361 g/mol. The van der Waals surface area contributed by atoms with Gasteiger partial charge in [0.15, 0.2) is 11.5 Å². The first-order valence-electron chi connectivity index (χ1n) is 9.38. The van der Waals surface area contributed by atoms with Gasteiger partial charge in [-0.2, -0.15) is 0 Å². The Bertz CT molecular complexity index is 672. The van der Waals surface area contributed by atoms with E-state index in [1.807, 2.05) is 25.7 Å². The zero-order chi connectivity index (χ0) is 18.7. The SMILES string of the molecule is CCOC(=O)C1CC1CN(C(=O)c1ccc2c(c1)OCCCO2)C(C)C. The van der Waals surface area contributed by atoms with Crippen molar-refractivity contribution in [2.45, 2.75) is 39.7 Å². The normalized spacial score (nSPS) is 21.1. The Kier molecular flexibility index (Phi) is 5.69. The highest BCUT2D eigenvalue weighted by molar-refractivity contribution is 5.95. The first kappa shape index (κ1) is 18.5. The van der Waals surface area contributed by atoms with Gasteiger partial charge in [-0.3, -0.25) is 9.59 Å². The van der Waals surface area contributed by atoms with E-state index in [9.17, 15) is 9.59 Å². The second-order valence-electron chi connectivity index (χ2n) is 7.12. The molecule has 1 saturated carbocycles. The lowest BCUT2D eigenvalue weighted by atomic mass is 10.1. The monoisotopic (exact) mass is 361 g/mol. The lowest BCUT2D eigenvalue weighted by molar-refractivity contribution is -0.145. The van der Waals surface area contributed by atoms with Crippen molar-refractivity contribution in [3.05, 3.63) is 23.8 Å². The molecule has 1 aliphatic heterocycles. The van der Waals surface area contributed by atoms with Crippen LogP contribution in [0.1, 0.15) is 44.0 Å². The van der Waals surface area contributed by atoms with Crippen LogP contribution in [0, 0.1) is 11.8 Å². The Labute approximate surface area is 154 Å². The van der Waals surface area contributed by atoms with Crippen LogP contribution < -0.4 is 9.47 Å². The Morgan fingerprint density at radius 1 is 1.23 bits per heavy atom. The molecule has 142 valence electrons. The molecule has 1 fully saturated rings. The number of carbonyl (C=O) groups excluding carboxylic acids is 2. The van der Waals surface area contributed by atoms with E-state index in [1.165, 1.54) is 0 Å². The minimum atomic E-state index is -0.149. The van der Waals surface area contributed by atoms with Crippen LogP contribution in [0.4, 0.5) is 0 Å². The summed E-state index contributed by atoms with van der Waals surface area (Å²) in [5.41, 5.74) is 0.580. The lowest BCUT2D eigenvalue weighted by Crippen LogP contribution is -2.39. The number of esters is 1. The summed E-state index contributed by atoms with van der Waals surface area (Å²) in [5.74, 6) is 1.20. The van der Waals surface area contributed by atoms with Gasteiger partial charge in [-0.15, -0.1) is 0 Å². The van der Waals surface area contributed by atoms with Crippen molar-refractivity contribution in [2.24, 2.45) is 11.8 Å². The van der Waals surface area contributed by atoms with Crippen molar-refractivity contribution in [3.8, 4) is 11.5 Å². The van der Waals surface area contributed by atoms with Crippen LogP contribution in [-0.2, 0) is 9.53 Å². The molecule has 1 aromatic carbocycles. The summed E-state index contributed by atoms with van der Waals surface area (Å²) in [5, 5.41) is 0. The van der Waals surface area contributed by atoms with Gasteiger partial charge in [-0.05, 0) is 51.3 Å². The van der Waals surface area contributed by atoms with Gasteiger partial charge in [-0.1, -0.05) is 0 Å². The Balaban J connectivity index is 1.70. The molecule has 6 heteroatoms. The van der Waals surface area contributed by atoms with Crippen molar-refractivity contribution in [1.29, 1.82) is 0 Å². The van der Waals surface area contributed by atoms with Crippen molar-refractivity contribution in [1.82, 2.24) is 4.90 Å². The number of nitrogens with zero attached hydrogens (tertiary/aromatic N) is 1. The van der Waals surface area contributed by atoms with Gasteiger partial charge in [0, 0.05) is 24.6 Å². The van der Waals surface area contributed by atoms with Crippen LogP contribution in [0.25, 0.3) is 0 Å². The van der Waals surface area contributed by atoms with Gasteiger partial charge in [0.1, 0.15) is 0 Å². The van der Waals surface area contributed by atoms with E-state index in [4.69, 9.17) is 14.2 Å². The predicted octanol–water partition coefficient (Wildman–Crippen LogP) is 2.90. The van der Waals surface area contributed by atoms with Gasteiger partial charge < -0.3 is 19.1 Å². The van der Waals surface area contributed by atoms with Crippen LogP contribution in [0.15, 0.2) is 18.2 Å². The molecular formula is C20H27NO5. The maximum Gasteiger partial charge on any atom is 0.309 e. The number of amides is 1. The highest BCUT2D eigenvalue weighted by Gasteiger charge is 2.45. The molecule has 0 aromatic heterocycles. The van der Waals surface area contributed by atoms with E-state index in [2.05, 4.69) is 0 Å². The average Bonchev–Trinajstić information content (AvgIpc) is 3.41. The zero-order valence-corrected chi connectivity index (χ0v) is 15.7. The predicted molar refractivity (Wildman–Crippen MR) is 96.5 cm³/mol. The van der Waals surface area contributed by atoms with E-state index < -0.39 is 0 Å². The van der Waals surface area contributed by atoms with E-state index in [1.54, 1.807) is 18.2 Å². The van der Waals surface area contributed by atoms with E-state index in [0.29, 0.717) is 43.4 Å². The minimum Gasteiger partial charge on any atom is -0.490 e. The number of rotatable bonds is 6. The standard InChI is InChI=1S/C20H27NO5/c1-4-24-20(23)16-10-15(16)12-21(13(2)3)19(22)14-6-7-17-18(11-14)26-9-5-8-25-17/h6-7,11,13,15-16H,4-5,8-10,12H2,1-3H3. The van der Waals surface area contributed by atoms with Crippen LogP contribution in [0.2, 0.25) is 0 Å². The van der Waals surface area contributed by atoms with Crippen LogP contribution >= 0.6 is 0 Å². The number of hydrogen-bond donors (Lipinski definition) is 0. The lowest BCUT2D eigenvalue weighted by Gasteiger charge is -2.27. The molecule has 1 aromatic rings. The molecule has 2 unspecified atom stereocenters. The second-order valence-corrected chi connectivity index (χ2v) is 7.12. The molecule has 0 bridgehead atoms. The summed E-state index contributed by atoms with van der Waals surface area (Å²) >= 11 is 0. The highest BCUT2D eigenvalue weighted by atomic mass is 16.5. The molecule has 1 aliphatic carbocycles. The first-order valence-corrected chi connectivity index (χ1v) is 9.38. The number of fused-ring (bicyclic) bond motifs is 1. The first-order chi connectivity index (χ1) is 12.5. The number of hydrogen-bond acceptors (Lipinski definition) is 5. The fraction of sp³-hybridized carbons (Fsp3) is 0.600. The summed E-state index contributed by atoms with van der Waals surface area (Å²) in [4.78, 5) is 26.7. The smallest absolute Gasteiger partial charge is 0.309 e. The third-order valence-corrected chi connectivity index (χ3v) is 4.82. The Hall–Kier alpha value is -2.24. The molecule has 1 heterocycles. The highest BCUT2D eigenvalue weighted by Crippen LogP contribution is 2.41. The van der Waals surface area contributed by atoms with Gasteiger partial charge in [0.05, 0.1) is 25.7 Å². The Morgan fingerprint density at radius 3 is 2.65 bits per heavy atom. The molecule has 3 rings (SSSR count). The molecule has 2 aliphatic rings. The van der Waals surface area contributed by atoms with Gasteiger partial charge >= 0.3 is 5.97 Å². The molecule has 0 radical (unpaired) electrons. The van der Waals surface area contributed by atoms with Crippen LogP contribution in [-0.4, -0.2) is 49.2 Å². The molecule has 0 saturated heterocycles. The molecular weight excluding hydrogens is 334 g/mol. The molecule has 1 amide bonds. The number of ether oxygens (including phenoxy) is 3. The fourth-order valence-electron chi connectivity index (χ4n) is 3.23. The van der Waals surface area contributed by atoms with Crippen molar-refractivity contribution >= 4 is 11.9 Å². The topological polar surface area (TPSA) is 65.1 Å². The van der Waals surface area contributed by atoms with Crippen LogP contribution in [0.5, 0.6) is 11.5 Å². The Morgan fingerprint density at radius 2 is 1.96 bits per heavy atom. The van der Waals surface area contributed by atoms with Crippen molar-refractivity contribution < 1.29 is 23.8 Å². The summed E-state index contributed by atoms with van der Waals surface area (Å²) in [7, 11) is 0. The maximum atomic E-state index is 13.0. The molecule has 0 spiro atoms. The summed E-state index contributed by atoms with van der Waals surface area (Å²) in [6.07, 6.45) is 1.61. The quantitative estimate of drug-likeness (QED) is 0.729. The van der Waals surface area contributed by atoms with Gasteiger partial charge in [0.25, 0.3) is 5.91 Å². The van der Waals surface area contributed by atoms with Crippen LogP contribution in [0.3, 0.4) is 0 Å².